The summed E-state index contributed by atoms with van der Waals surface area (Å²) < 4.78 is 0. The molecule has 1 aromatic rings. The van der Waals surface area contributed by atoms with Crippen molar-refractivity contribution in [2.75, 3.05) is 4.90 Å². The van der Waals surface area contributed by atoms with Crippen LogP contribution >= 0.6 is 31.9 Å². The molecule has 6 nitrogen and oxygen atoms in total. The lowest BCUT2D eigenvalue weighted by Gasteiger charge is -2.28. The SMILES string of the molecule is O=C1[C@H]2[C@@H]3C[C@@H]([C@@H](Br)[C@H]3Br)[C@@H]2C(=O)N1c1ccc([N+](=O)[O-])cc1. The molecule has 0 aromatic heterocycles. The zero-order valence-electron chi connectivity index (χ0n) is 11.8. The first-order valence-corrected chi connectivity index (χ1v) is 9.15. The number of nitro benzene ring substituents is 1. The molecule has 2 bridgehead atoms. The van der Waals surface area contributed by atoms with Crippen molar-refractivity contribution < 1.29 is 14.5 Å². The van der Waals surface area contributed by atoms with Crippen LogP contribution in [-0.2, 0) is 9.59 Å². The highest BCUT2D eigenvalue weighted by Crippen LogP contribution is 2.60. The van der Waals surface area contributed by atoms with Gasteiger partial charge >= 0.3 is 0 Å². The Balaban J connectivity index is 1.68. The molecule has 1 saturated heterocycles. The van der Waals surface area contributed by atoms with Gasteiger partial charge in [-0.25, -0.2) is 0 Å². The van der Waals surface area contributed by atoms with Gasteiger partial charge in [-0.05, 0) is 30.4 Å². The number of hydrogen-bond acceptors (Lipinski definition) is 4. The van der Waals surface area contributed by atoms with Crippen molar-refractivity contribution >= 4 is 55.0 Å². The smallest absolute Gasteiger partial charge is 0.269 e. The van der Waals surface area contributed by atoms with Crippen molar-refractivity contribution in [3.05, 3.63) is 34.4 Å². The number of rotatable bonds is 2. The molecule has 2 amide bonds. The quantitative estimate of drug-likeness (QED) is 0.304. The van der Waals surface area contributed by atoms with Gasteiger partial charge < -0.3 is 0 Å². The molecule has 0 spiro atoms. The fourth-order valence-electron chi connectivity index (χ4n) is 4.33. The number of hydrogen-bond donors (Lipinski definition) is 0. The second-order valence-electron chi connectivity index (χ2n) is 6.29. The van der Waals surface area contributed by atoms with E-state index in [4.69, 9.17) is 0 Å². The average molecular weight is 444 g/mol. The zero-order chi connectivity index (χ0) is 16.5. The largest absolute Gasteiger partial charge is 0.274 e. The van der Waals surface area contributed by atoms with Crippen LogP contribution in [0, 0.1) is 33.8 Å². The molecule has 0 N–H and O–H groups in total. The van der Waals surface area contributed by atoms with Crippen LogP contribution in [0.5, 0.6) is 0 Å². The molecule has 23 heavy (non-hydrogen) atoms. The van der Waals surface area contributed by atoms with E-state index in [0.29, 0.717) is 5.69 Å². The van der Waals surface area contributed by atoms with E-state index in [1.54, 1.807) is 0 Å². The van der Waals surface area contributed by atoms with Gasteiger partial charge in [0.2, 0.25) is 11.8 Å². The van der Waals surface area contributed by atoms with E-state index in [-0.39, 0.29) is 50.8 Å². The average Bonchev–Trinajstić information content (AvgIpc) is 3.12. The third kappa shape index (κ3) is 1.97. The lowest BCUT2D eigenvalue weighted by molar-refractivity contribution is -0.384. The molecule has 1 aromatic carbocycles. The lowest BCUT2D eigenvalue weighted by Crippen LogP contribution is -2.37. The predicted octanol–water partition coefficient (Wildman–Crippen LogP) is 2.88. The van der Waals surface area contributed by atoms with Gasteiger partial charge in [-0.1, -0.05) is 31.9 Å². The highest BCUT2D eigenvalue weighted by molar-refractivity contribution is 9.12. The maximum atomic E-state index is 12.8. The normalized spacial score (nSPS) is 38.3. The van der Waals surface area contributed by atoms with Gasteiger partial charge in [0.1, 0.15) is 0 Å². The summed E-state index contributed by atoms with van der Waals surface area (Å²) >= 11 is 7.28. The Morgan fingerprint density at radius 1 is 1.00 bits per heavy atom. The summed E-state index contributed by atoms with van der Waals surface area (Å²) in [6.07, 6.45) is 0.882. The van der Waals surface area contributed by atoms with Crippen molar-refractivity contribution in [2.24, 2.45) is 23.7 Å². The number of nitrogens with zero attached hydrogens (tertiary/aromatic N) is 2. The highest BCUT2D eigenvalue weighted by atomic mass is 79.9. The summed E-state index contributed by atoms with van der Waals surface area (Å²) in [5.74, 6) is -0.583. The van der Waals surface area contributed by atoms with Gasteiger partial charge in [0, 0.05) is 21.8 Å². The first kappa shape index (κ1) is 15.3. The summed E-state index contributed by atoms with van der Waals surface area (Å²) in [6.45, 7) is 0. The molecular formula is C15H12Br2N2O4. The summed E-state index contributed by atoms with van der Waals surface area (Å²) in [5, 5.41) is 10.7. The molecule has 3 fully saturated rings. The Morgan fingerprint density at radius 2 is 1.48 bits per heavy atom. The van der Waals surface area contributed by atoms with E-state index in [9.17, 15) is 19.7 Å². The number of carbonyl (C=O) groups excluding carboxylic acids is 2. The van der Waals surface area contributed by atoms with Gasteiger partial charge in [-0.3, -0.25) is 24.6 Å². The minimum atomic E-state index is -0.503. The number of benzene rings is 1. The number of amides is 2. The number of halogens is 2. The Hall–Kier alpha value is -1.28. The number of carbonyl (C=O) groups is 2. The van der Waals surface area contributed by atoms with Crippen molar-refractivity contribution in [2.45, 2.75) is 16.1 Å². The summed E-state index contributed by atoms with van der Waals surface area (Å²) in [5.41, 5.74) is 0.353. The van der Waals surface area contributed by atoms with Crippen LogP contribution < -0.4 is 4.90 Å². The maximum absolute atomic E-state index is 12.8. The van der Waals surface area contributed by atoms with E-state index < -0.39 is 4.92 Å². The van der Waals surface area contributed by atoms with Crippen molar-refractivity contribution in [1.82, 2.24) is 0 Å². The third-order valence-corrected chi connectivity index (χ3v) is 8.51. The second kappa shape index (κ2) is 5.11. The van der Waals surface area contributed by atoms with Gasteiger partial charge in [0.05, 0.1) is 22.4 Å². The van der Waals surface area contributed by atoms with Gasteiger partial charge in [0.15, 0.2) is 0 Å². The van der Waals surface area contributed by atoms with Crippen LogP contribution in [-0.4, -0.2) is 26.4 Å². The Kier molecular flexibility index (Phi) is 3.39. The molecule has 1 heterocycles. The molecule has 0 radical (unpaired) electrons. The molecule has 2 saturated carbocycles. The van der Waals surface area contributed by atoms with Crippen LogP contribution in [0.4, 0.5) is 11.4 Å². The Morgan fingerprint density at radius 3 is 1.91 bits per heavy atom. The lowest BCUT2D eigenvalue weighted by atomic mass is 9.81. The first-order valence-electron chi connectivity index (χ1n) is 7.32. The zero-order valence-corrected chi connectivity index (χ0v) is 14.9. The van der Waals surface area contributed by atoms with E-state index in [2.05, 4.69) is 31.9 Å². The molecule has 4 rings (SSSR count). The highest BCUT2D eigenvalue weighted by Gasteiger charge is 2.66. The van der Waals surface area contributed by atoms with E-state index >= 15 is 0 Å². The van der Waals surface area contributed by atoms with Crippen LogP contribution in [0.25, 0.3) is 0 Å². The van der Waals surface area contributed by atoms with Gasteiger partial charge in [0.25, 0.3) is 5.69 Å². The summed E-state index contributed by atoms with van der Waals surface area (Å²) in [7, 11) is 0. The van der Waals surface area contributed by atoms with Crippen molar-refractivity contribution in [1.29, 1.82) is 0 Å². The molecule has 8 heteroatoms. The molecule has 0 unspecified atom stereocenters. The number of nitro groups is 1. The minimum absolute atomic E-state index is 0.0610. The molecule has 120 valence electrons. The summed E-state index contributed by atoms with van der Waals surface area (Å²) in [6, 6.07) is 5.57. The molecule has 1 aliphatic heterocycles. The predicted molar refractivity (Wildman–Crippen MR) is 89.6 cm³/mol. The number of fused-ring (bicyclic) bond motifs is 5. The Bertz CT molecular complexity index is 691. The fraction of sp³-hybridized carbons (Fsp3) is 0.467. The molecule has 3 aliphatic rings. The Labute approximate surface area is 148 Å². The van der Waals surface area contributed by atoms with Crippen LogP contribution in [0.3, 0.4) is 0 Å². The topological polar surface area (TPSA) is 80.5 Å². The summed E-state index contributed by atoms with van der Waals surface area (Å²) in [4.78, 5) is 37.4. The third-order valence-electron chi connectivity index (χ3n) is 5.31. The number of anilines is 1. The van der Waals surface area contributed by atoms with Gasteiger partial charge in [-0.15, -0.1) is 0 Å². The van der Waals surface area contributed by atoms with E-state index in [1.165, 1.54) is 29.2 Å². The van der Waals surface area contributed by atoms with Crippen molar-refractivity contribution in [3.63, 3.8) is 0 Å². The van der Waals surface area contributed by atoms with E-state index in [1.807, 2.05) is 0 Å². The second-order valence-corrected chi connectivity index (χ2v) is 8.40. The minimum Gasteiger partial charge on any atom is -0.274 e. The monoisotopic (exact) mass is 442 g/mol. The van der Waals surface area contributed by atoms with Crippen LogP contribution in [0.2, 0.25) is 0 Å². The van der Waals surface area contributed by atoms with Crippen LogP contribution in [0.1, 0.15) is 6.42 Å². The molecule has 2 aliphatic carbocycles. The van der Waals surface area contributed by atoms with E-state index in [0.717, 1.165) is 6.42 Å². The standard InChI is InChI=1S/C15H12Br2N2O4/c16-12-8-5-9(13(12)17)11-10(8)14(20)18(15(11)21)6-1-3-7(4-2-6)19(22)23/h1-4,8-13H,5H2/t8-,9+,10-,11-,12-,13+/m0/s1. The van der Waals surface area contributed by atoms with Gasteiger partial charge in [-0.2, -0.15) is 0 Å². The number of imide groups is 1. The molecular weight excluding hydrogens is 432 g/mol. The first-order chi connectivity index (χ1) is 10.9. The molecule has 6 atom stereocenters. The van der Waals surface area contributed by atoms with Crippen LogP contribution in [0.15, 0.2) is 24.3 Å². The number of non-ortho nitro benzene ring substituents is 1. The maximum Gasteiger partial charge on any atom is 0.269 e. The van der Waals surface area contributed by atoms with Crippen molar-refractivity contribution in [3.8, 4) is 0 Å². The fourth-order valence-corrected chi connectivity index (χ4v) is 6.20. The number of alkyl halides is 2.